The Hall–Kier alpha value is -0.650. The van der Waals surface area contributed by atoms with Crippen molar-refractivity contribution < 1.29 is 9.53 Å². The van der Waals surface area contributed by atoms with Crippen LogP contribution in [0.2, 0.25) is 0 Å². The van der Waals surface area contributed by atoms with E-state index in [9.17, 15) is 4.79 Å². The van der Waals surface area contributed by atoms with Gasteiger partial charge in [0.2, 0.25) is 5.91 Å². The Kier molecular flexibility index (Phi) is 6.53. The highest BCUT2D eigenvalue weighted by atomic mass is 16.5. The van der Waals surface area contributed by atoms with Crippen molar-refractivity contribution in [2.24, 2.45) is 5.92 Å². The van der Waals surface area contributed by atoms with Gasteiger partial charge in [-0.2, -0.15) is 0 Å². The fourth-order valence-electron chi connectivity index (χ4n) is 4.17. The Balaban J connectivity index is 1.33. The van der Waals surface area contributed by atoms with Crippen LogP contribution >= 0.6 is 0 Å². The molecular formula is C19H35N3O2. The molecule has 2 aliphatic heterocycles. The van der Waals surface area contributed by atoms with E-state index in [1.807, 2.05) is 0 Å². The second-order valence-corrected chi connectivity index (χ2v) is 7.91. The van der Waals surface area contributed by atoms with Crippen molar-refractivity contribution in [1.29, 1.82) is 0 Å². The highest BCUT2D eigenvalue weighted by Crippen LogP contribution is 2.35. The van der Waals surface area contributed by atoms with Gasteiger partial charge in [-0.15, -0.1) is 0 Å². The topological polar surface area (TPSA) is 36.0 Å². The zero-order chi connectivity index (χ0) is 16.9. The molecular weight excluding hydrogens is 302 g/mol. The predicted molar refractivity (Wildman–Crippen MR) is 96.0 cm³/mol. The van der Waals surface area contributed by atoms with E-state index in [4.69, 9.17) is 4.74 Å². The second kappa shape index (κ2) is 8.63. The maximum Gasteiger partial charge on any atom is 0.225 e. The number of ether oxygens (including phenoxy) is 1. The van der Waals surface area contributed by atoms with Crippen molar-refractivity contribution in [1.82, 2.24) is 14.7 Å². The number of nitrogens with zero attached hydrogens (tertiary/aromatic N) is 3. The number of likely N-dealkylation sites (tertiary alicyclic amines) is 1. The molecule has 3 fully saturated rings. The SMILES string of the molecule is CCCCOC1CCN(C2CC(C(=O)N3CCN(C)CC3)C2)CC1. The maximum absolute atomic E-state index is 12.6. The smallest absolute Gasteiger partial charge is 0.225 e. The molecule has 24 heavy (non-hydrogen) atoms. The summed E-state index contributed by atoms with van der Waals surface area (Å²) in [6.45, 7) is 9.30. The number of carbonyl (C=O) groups excluding carboxylic acids is 1. The minimum absolute atomic E-state index is 0.289. The average Bonchev–Trinajstić information content (AvgIpc) is 2.56. The van der Waals surface area contributed by atoms with Gasteiger partial charge >= 0.3 is 0 Å². The van der Waals surface area contributed by atoms with Crippen molar-refractivity contribution in [3.63, 3.8) is 0 Å². The fourth-order valence-corrected chi connectivity index (χ4v) is 4.17. The number of hydrogen-bond acceptors (Lipinski definition) is 4. The Labute approximate surface area is 147 Å². The lowest BCUT2D eigenvalue weighted by Crippen LogP contribution is -2.55. The van der Waals surface area contributed by atoms with Gasteiger partial charge in [-0.05, 0) is 39.2 Å². The normalized spacial score (nSPS) is 30.3. The van der Waals surface area contributed by atoms with E-state index < -0.39 is 0 Å². The Bertz CT molecular complexity index is 395. The van der Waals surface area contributed by atoms with Gasteiger partial charge < -0.3 is 19.4 Å². The summed E-state index contributed by atoms with van der Waals surface area (Å²) in [4.78, 5) is 19.6. The van der Waals surface area contributed by atoms with Crippen LogP contribution in [0.3, 0.4) is 0 Å². The quantitative estimate of drug-likeness (QED) is 0.693. The van der Waals surface area contributed by atoms with Gasteiger partial charge in [0.15, 0.2) is 0 Å². The minimum atomic E-state index is 0.289. The molecule has 2 heterocycles. The minimum Gasteiger partial charge on any atom is -0.378 e. The number of carbonyl (C=O) groups is 1. The van der Waals surface area contributed by atoms with Gasteiger partial charge in [-0.25, -0.2) is 0 Å². The third kappa shape index (κ3) is 4.50. The zero-order valence-electron chi connectivity index (χ0n) is 15.6. The van der Waals surface area contributed by atoms with Crippen LogP contribution in [0.15, 0.2) is 0 Å². The van der Waals surface area contributed by atoms with Crippen molar-refractivity contribution >= 4 is 5.91 Å². The van der Waals surface area contributed by atoms with Crippen molar-refractivity contribution in [3.05, 3.63) is 0 Å². The molecule has 0 aromatic rings. The van der Waals surface area contributed by atoms with Gasteiger partial charge in [0.25, 0.3) is 0 Å². The highest BCUT2D eigenvalue weighted by molar-refractivity contribution is 5.80. The molecule has 3 aliphatic rings. The molecule has 1 saturated carbocycles. The van der Waals surface area contributed by atoms with E-state index in [0.29, 0.717) is 18.1 Å². The Morgan fingerprint density at radius 1 is 1.04 bits per heavy atom. The zero-order valence-corrected chi connectivity index (χ0v) is 15.6. The molecule has 2 saturated heterocycles. The first-order chi connectivity index (χ1) is 11.7. The van der Waals surface area contributed by atoms with Crippen LogP contribution in [0.25, 0.3) is 0 Å². The largest absolute Gasteiger partial charge is 0.378 e. The first-order valence-electron chi connectivity index (χ1n) is 10.0. The van der Waals surface area contributed by atoms with E-state index in [0.717, 1.165) is 71.6 Å². The summed E-state index contributed by atoms with van der Waals surface area (Å²) in [6, 6.07) is 0.642. The molecule has 138 valence electrons. The molecule has 0 spiro atoms. The molecule has 5 nitrogen and oxygen atoms in total. The summed E-state index contributed by atoms with van der Waals surface area (Å²) in [5, 5.41) is 0. The third-order valence-corrected chi connectivity index (χ3v) is 6.12. The predicted octanol–water partition coefficient (Wildman–Crippen LogP) is 1.82. The van der Waals surface area contributed by atoms with Gasteiger partial charge in [0, 0.05) is 57.8 Å². The van der Waals surface area contributed by atoms with Crippen molar-refractivity contribution in [3.8, 4) is 0 Å². The summed E-state index contributed by atoms with van der Waals surface area (Å²) in [7, 11) is 2.14. The van der Waals surface area contributed by atoms with Gasteiger partial charge in [0.05, 0.1) is 6.10 Å². The van der Waals surface area contributed by atoms with Crippen LogP contribution in [-0.2, 0) is 9.53 Å². The molecule has 0 unspecified atom stereocenters. The number of likely N-dealkylation sites (N-methyl/N-ethyl adjacent to an activating group) is 1. The summed E-state index contributed by atoms with van der Waals surface area (Å²) < 4.78 is 5.96. The second-order valence-electron chi connectivity index (χ2n) is 7.91. The standard InChI is InChI=1S/C19H35N3O2/c1-3-4-13-24-18-5-7-21(8-6-18)17-14-16(15-17)19(23)22-11-9-20(2)10-12-22/h16-18H,3-15H2,1-2H3. The number of unbranched alkanes of at least 4 members (excludes halogenated alkanes) is 1. The van der Waals surface area contributed by atoms with Gasteiger partial charge in [0.1, 0.15) is 0 Å². The van der Waals surface area contributed by atoms with Crippen LogP contribution < -0.4 is 0 Å². The maximum atomic E-state index is 12.6. The molecule has 0 atom stereocenters. The van der Waals surface area contributed by atoms with Crippen molar-refractivity contribution in [2.45, 2.75) is 57.6 Å². The van der Waals surface area contributed by atoms with Crippen LogP contribution in [0, 0.1) is 5.92 Å². The number of hydrogen-bond donors (Lipinski definition) is 0. The molecule has 0 aromatic heterocycles. The lowest BCUT2D eigenvalue weighted by molar-refractivity contribution is -0.142. The molecule has 5 heteroatoms. The molecule has 0 N–H and O–H groups in total. The van der Waals surface area contributed by atoms with Gasteiger partial charge in [-0.3, -0.25) is 4.79 Å². The van der Waals surface area contributed by atoms with Crippen LogP contribution in [0.4, 0.5) is 0 Å². The monoisotopic (exact) mass is 337 g/mol. The molecule has 1 aliphatic carbocycles. The number of piperazine rings is 1. The molecule has 1 amide bonds. The first kappa shape index (κ1) is 18.2. The van der Waals surface area contributed by atoms with E-state index in [2.05, 4.69) is 28.7 Å². The molecule has 0 aromatic carbocycles. The van der Waals surface area contributed by atoms with E-state index in [1.165, 1.54) is 12.8 Å². The lowest BCUT2D eigenvalue weighted by atomic mass is 9.77. The summed E-state index contributed by atoms with van der Waals surface area (Å²) in [6.07, 6.45) is 7.34. The van der Waals surface area contributed by atoms with Crippen LogP contribution in [-0.4, -0.2) is 85.7 Å². The van der Waals surface area contributed by atoms with E-state index in [1.54, 1.807) is 0 Å². The number of piperidine rings is 1. The number of amides is 1. The lowest BCUT2D eigenvalue weighted by Gasteiger charge is -2.46. The first-order valence-corrected chi connectivity index (χ1v) is 10.0. The Morgan fingerprint density at radius 2 is 1.71 bits per heavy atom. The third-order valence-electron chi connectivity index (χ3n) is 6.12. The Morgan fingerprint density at radius 3 is 2.33 bits per heavy atom. The molecule has 0 bridgehead atoms. The van der Waals surface area contributed by atoms with E-state index in [-0.39, 0.29) is 5.92 Å². The van der Waals surface area contributed by atoms with Gasteiger partial charge in [-0.1, -0.05) is 13.3 Å². The van der Waals surface area contributed by atoms with Crippen LogP contribution in [0.5, 0.6) is 0 Å². The summed E-state index contributed by atoms with van der Waals surface area (Å²) in [5.74, 6) is 0.703. The molecule has 3 rings (SSSR count). The average molecular weight is 338 g/mol. The van der Waals surface area contributed by atoms with Crippen LogP contribution in [0.1, 0.15) is 45.4 Å². The molecule has 0 radical (unpaired) electrons. The fraction of sp³-hybridized carbons (Fsp3) is 0.947. The van der Waals surface area contributed by atoms with Crippen molar-refractivity contribution in [2.75, 3.05) is 52.9 Å². The summed E-state index contributed by atoms with van der Waals surface area (Å²) >= 11 is 0. The summed E-state index contributed by atoms with van der Waals surface area (Å²) in [5.41, 5.74) is 0. The van der Waals surface area contributed by atoms with E-state index >= 15 is 0 Å². The number of rotatable bonds is 6. The highest BCUT2D eigenvalue weighted by Gasteiger charge is 2.40.